The van der Waals surface area contributed by atoms with Crippen LogP contribution in [0.15, 0.2) is 78.9 Å². The lowest BCUT2D eigenvalue weighted by Crippen LogP contribution is -2.11. The molecular weight excluding hydrogens is 386 g/mol. The lowest BCUT2D eigenvalue weighted by atomic mass is 10.1. The zero-order valence-electron chi connectivity index (χ0n) is 18.2. The van der Waals surface area contributed by atoms with Gasteiger partial charge < -0.3 is 14.8 Å². The average Bonchev–Trinajstić information content (AvgIpc) is 2.81. The Balaban J connectivity index is 1.42. The largest absolute Gasteiger partial charge is 0.494 e. The zero-order valence-corrected chi connectivity index (χ0v) is 18.2. The van der Waals surface area contributed by atoms with Gasteiger partial charge in [0, 0.05) is 11.3 Å². The Morgan fingerprint density at radius 1 is 0.710 bits per heavy atom. The van der Waals surface area contributed by atoms with Crippen molar-refractivity contribution in [1.29, 1.82) is 0 Å². The first-order chi connectivity index (χ1) is 15.2. The van der Waals surface area contributed by atoms with E-state index in [9.17, 15) is 4.79 Å². The molecule has 0 radical (unpaired) electrons. The maximum Gasteiger partial charge on any atom is 0.255 e. The molecule has 1 amide bonds. The van der Waals surface area contributed by atoms with Crippen molar-refractivity contribution in [2.45, 2.75) is 45.4 Å². The molecule has 0 aliphatic heterocycles. The van der Waals surface area contributed by atoms with Crippen molar-refractivity contribution in [3.63, 3.8) is 0 Å². The summed E-state index contributed by atoms with van der Waals surface area (Å²) in [6, 6.07) is 24.2. The predicted octanol–water partition coefficient (Wildman–Crippen LogP) is 7.47. The molecule has 0 spiro atoms. The van der Waals surface area contributed by atoms with Gasteiger partial charge in [-0.1, -0.05) is 57.2 Å². The SMILES string of the molecule is CCCCCCCCOc1ccc(C(=O)Nc2ccc(Oc3ccccc3)cc2)cc1. The van der Waals surface area contributed by atoms with E-state index in [1.807, 2.05) is 66.7 Å². The smallest absolute Gasteiger partial charge is 0.255 e. The lowest BCUT2D eigenvalue weighted by molar-refractivity contribution is 0.102. The summed E-state index contributed by atoms with van der Waals surface area (Å²) < 4.78 is 11.6. The highest BCUT2D eigenvalue weighted by molar-refractivity contribution is 6.04. The Morgan fingerprint density at radius 3 is 2.03 bits per heavy atom. The Bertz CT molecular complexity index is 905. The van der Waals surface area contributed by atoms with E-state index in [0.29, 0.717) is 11.3 Å². The molecule has 0 fully saturated rings. The van der Waals surface area contributed by atoms with E-state index < -0.39 is 0 Å². The van der Waals surface area contributed by atoms with Gasteiger partial charge in [-0.05, 0) is 67.1 Å². The van der Waals surface area contributed by atoms with Crippen LogP contribution >= 0.6 is 0 Å². The fourth-order valence-corrected chi connectivity index (χ4v) is 3.21. The molecule has 3 aromatic rings. The minimum atomic E-state index is -0.154. The summed E-state index contributed by atoms with van der Waals surface area (Å²) in [5.74, 6) is 2.14. The third-order valence-corrected chi connectivity index (χ3v) is 4.97. The summed E-state index contributed by atoms with van der Waals surface area (Å²) in [5.41, 5.74) is 1.31. The molecule has 0 heterocycles. The Hall–Kier alpha value is -3.27. The monoisotopic (exact) mass is 417 g/mol. The number of unbranched alkanes of at least 4 members (excludes halogenated alkanes) is 5. The maximum absolute atomic E-state index is 12.5. The van der Waals surface area contributed by atoms with E-state index >= 15 is 0 Å². The molecule has 4 nitrogen and oxygen atoms in total. The molecule has 0 unspecified atom stereocenters. The average molecular weight is 418 g/mol. The second-order valence-electron chi connectivity index (χ2n) is 7.53. The van der Waals surface area contributed by atoms with Gasteiger partial charge in [-0.2, -0.15) is 0 Å². The van der Waals surface area contributed by atoms with Crippen LogP contribution in [0.3, 0.4) is 0 Å². The topological polar surface area (TPSA) is 47.6 Å². The van der Waals surface area contributed by atoms with Gasteiger partial charge in [0.1, 0.15) is 17.2 Å². The standard InChI is InChI=1S/C27H31NO3/c1-2-3-4-5-6-10-21-30-24-17-13-22(14-18-24)27(29)28-23-15-19-26(20-16-23)31-25-11-8-7-9-12-25/h7-9,11-20H,2-6,10,21H2,1H3,(H,28,29). The van der Waals surface area contributed by atoms with Gasteiger partial charge >= 0.3 is 0 Å². The Kier molecular flexibility index (Phi) is 8.99. The second kappa shape index (κ2) is 12.4. The van der Waals surface area contributed by atoms with Crippen LogP contribution in [0.4, 0.5) is 5.69 Å². The molecular formula is C27H31NO3. The normalized spacial score (nSPS) is 10.5. The van der Waals surface area contributed by atoms with Gasteiger partial charge in [0.2, 0.25) is 0 Å². The molecule has 3 aromatic carbocycles. The highest BCUT2D eigenvalue weighted by Crippen LogP contribution is 2.23. The van der Waals surface area contributed by atoms with Crippen LogP contribution in [0.5, 0.6) is 17.2 Å². The first-order valence-corrected chi connectivity index (χ1v) is 11.1. The number of nitrogens with one attached hydrogen (secondary N) is 1. The fraction of sp³-hybridized carbons (Fsp3) is 0.296. The van der Waals surface area contributed by atoms with Crippen molar-refractivity contribution in [3.05, 3.63) is 84.4 Å². The van der Waals surface area contributed by atoms with Gasteiger partial charge in [0.15, 0.2) is 0 Å². The Morgan fingerprint density at radius 2 is 1.32 bits per heavy atom. The molecule has 162 valence electrons. The third-order valence-electron chi connectivity index (χ3n) is 4.97. The van der Waals surface area contributed by atoms with Gasteiger partial charge in [-0.25, -0.2) is 0 Å². The van der Waals surface area contributed by atoms with Crippen LogP contribution in [0, 0.1) is 0 Å². The van der Waals surface area contributed by atoms with Gasteiger partial charge in [-0.15, -0.1) is 0 Å². The number of hydrogen-bond donors (Lipinski definition) is 1. The van der Waals surface area contributed by atoms with Crippen LogP contribution in [0.25, 0.3) is 0 Å². The Labute approximate surface area is 185 Å². The maximum atomic E-state index is 12.5. The number of rotatable bonds is 12. The minimum absolute atomic E-state index is 0.154. The first-order valence-electron chi connectivity index (χ1n) is 11.1. The second-order valence-corrected chi connectivity index (χ2v) is 7.53. The lowest BCUT2D eigenvalue weighted by Gasteiger charge is -2.09. The molecule has 0 aromatic heterocycles. The van der Waals surface area contributed by atoms with Crippen molar-refractivity contribution in [1.82, 2.24) is 0 Å². The first kappa shape index (κ1) is 22.4. The van der Waals surface area contributed by atoms with Crippen LogP contribution in [-0.4, -0.2) is 12.5 Å². The summed E-state index contributed by atoms with van der Waals surface area (Å²) in [6.45, 7) is 2.94. The van der Waals surface area contributed by atoms with Crippen molar-refractivity contribution in [3.8, 4) is 17.2 Å². The van der Waals surface area contributed by atoms with E-state index in [1.54, 1.807) is 12.1 Å². The summed E-state index contributed by atoms with van der Waals surface area (Å²) in [4.78, 5) is 12.5. The number of anilines is 1. The number of para-hydroxylation sites is 1. The molecule has 0 aliphatic carbocycles. The molecule has 0 bridgehead atoms. The summed E-state index contributed by atoms with van der Waals surface area (Å²) in [7, 11) is 0. The molecule has 0 aliphatic rings. The summed E-state index contributed by atoms with van der Waals surface area (Å²) in [6.07, 6.45) is 7.44. The zero-order chi connectivity index (χ0) is 21.7. The van der Waals surface area contributed by atoms with Crippen LogP contribution in [-0.2, 0) is 0 Å². The number of amides is 1. The molecule has 0 saturated heterocycles. The van der Waals surface area contributed by atoms with Crippen molar-refractivity contribution < 1.29 is 14.3 Å². The van der Waals surface area contributed by atoms with Crippen molar-refractivity contribution in [2.75, 3.05) is 11.9 Å². The molecule has 3 rings (SSSR count). The third kappa shape index (κ3) is 7.82. The summed E-state index contributed by atoms with van der Waals surface area (Å²) >= 11 is 0. The molecule has 4 heteroatoms. The molecule has 0 atom stereocenters. The van der Waals surface area contributed by atoms with Gasteiger partial charge in [0.05, 0.1) is 6.61 Å². The van der Waals surface area contributed by atoms with Gasteiger partial charge in [0.25, 0.3) is 5.91 Å². The number of hydrogen-bond acceptors (Lipinski definition) is 3. The quantitative estimate of drug-likeness (QED) is 0.311. The van der Waals surface area contributed by atoms with Crippen LogP contribution in [0.1, 0.15) is 55.8 Å². The van der Waals surface area contributed by atoms with E-state index in [-0.39, 0.29) is 5.91 Å². The number of ether oxygens (including phenoxy) is 2. The fourth-order valence-electron chi connectivity index (χ4n) is 3.21. The molecule has 1 N–H and O–H groups in total. The van der Waals surface area contributed by atoms with Crippen molar-refractivity contribution in [2.24, 2.45) is 0 Å². The number of benzene rings is 3. The van der Waals surface area contributed by atoms with E-state index in [0.717, 1.165) is 30.3 Å². The summed E-state index contributed by atoms with van der Waals surface area (Å²) in [5, 5.41) is 2.91. The van der Waals surface area contributed by atoms with E-state index in [1.165, 1.54) is 32.1 Å². The number of carbonyl (C=O) groups excluding carboxylic acids is 1. The van der Waals surface area contributed by atoms with E-state index in [4.69, 9.17) is 9.47 Å². The van der Waals surface area contributed by atoms with Crippen LogP contribution < -0.4 is 14.8 Å². The highest BCUT2D eigenvalue weighted by Gasteiger charge is 2.07. The van der Waals surface area contributed by atoms with E-state index in [2.05, 4.69) is 12.2 Å². The number of carbonyl (C=O) groups is 1. The highest BCUT2D eigenvalue weighted by atomic mass is 16.5. The van der Waals surface area contributed by atoms with Crippen molar-refractivity contribution >= 4 is 11.6 Å². The minimum Gasteiger partial charge on any atom is -0.494 e. The van der Waals surface area contributed by atoms with Crippen LogP contribution in [0.2, 0.25) is 0 Å². The predicted molar refractivity (Wildman–Crippen MR) is 126 cm³/mol. The molecule has 31 heavy (non-hydrogen) atoms. The van der Waals surface area contributed by atoms with Gasteiger partial charge in [-0.3, -0.25) is 4.79 Å². The molecule has 0 saturated carbocycles.